The van der Waals surface area contributed by atoms with Gasteiger partial charge in [-0.3, -0.25) is 0 Å². The van der Waals surface area contributed by atoms with Gasteiger partial charge >= 0.3 is 0 Å². The summed E-state index contributed by atoms with van der Waals surface area (Å²) in [6, 6.07) is 4.51. The van der Waals surface area contributed by atoms with Gasteiger partial charge in [0.15, 0.2) is 0 Å². The number of alkyl halides is 2. The van der Waals surface area contributed by atoms with Crippen LogP contribution in [0, 0.1) is 0 Å². The van der Waals surface area contributed by atoms with Crippen molar-refractivity contribution in [2.45, 2.75) is 37.8 Å². The minimum absolute atomic E-state index is 0.0936. The molecule has 1 aromatic carbocycles. The van der Waals surface area contributed by atoms with E-state index in [0.717, 1.165) is 12.6 Å². The average molecular weight is 341 g/mol. The first-order chi connectivity index (χ1) is 9.64. The fourth-order valence-corrected chi connectivity index (χ4v) is 3.11. The summed E-state index contributed by atoms with van der Waals surface area (Å²) in [6.45, 7) is 3.61. The van der Waals surface area contributed by atoms with Gasteiger partial charge in [0, 0.05) is 24.7 Å². The Morgan fingerprint density at radius 1 is 1.33 bits per heavy atom. The summed E-state index contributed by atoms with van der Waals surface area (Å²) in [5.74, 6) is 0. The zero-order valence-electron chi connectivity index (χ0n) is 12.1. The fourth-order valence-electron chi connectivity index (χ4n) is 1.62. The Bertz CT molecular complexity index is 580. The maximum atomic E-state index is 12.3. The molecule has 1 rings (SSSR count). The van der Waals surface area contributed by atoms with E-state index in [4.69, 9.17) is 11.6 Å². The molecule has 0 aliphatic heterocycles. The zero-order valence-corrected chi connectivity index (χ0v) is 13.7. The summed E-state index contributed by atoms with van der Waals surface area (Å²) in [4.78, 5) is -0.0936. The standard InChI is InChI=1S/C13H19ClF2N2O2S/c1-9(2)17-7-10-4-5-11(6-12(10)14)21(19,20)18(3)8-13(15)16/h4-6,9,13,17H,7-8H2,1-3H3. The Balaban J connectivity index is 2.97. The lowest BCUT2D eigenvalue weighted by molar-refractivity contribution is 0.126. The highest BCUT2D eigenvalue weighted by Crippen LogP contribution is 2.23. The van der Waals surface area contributed by atoms with E-state index in [0.29, 0.717) is 10.8 Å². The monoisotopic (exact) mass is 340 g/mol. The average Bonchev–Trinajstić information content (AvgIpc) is 2.36. The molecule has 0 saturated carbocycles. The number of benzene rings is 1. The first kappa shape index (κ1) is 18.3. The summed E-state index contributed by atoms with van der Waals surface area (Å²) in [6.07, 6.45) is -2.73. The summed E-state index contributed by atoms with van der Waals surface area (Å²) in [7, 11) is -2.84. The van der Waals surface area contributed by atoms with Gasteiger partial charge < -0.3 is 5.32 Å². The molecule has 1 aromatic rings. The number of hydrogen-bond donors (Lipinski definition) is 1. The SMILES string of the molecule is CC(C)NCc1ccc(S(=O)(=O)N(C)CC(F)F)cc1Cl. The van der Waals surface area contributed by atoms with Crippen molar-refractivity contribution in [3.63, 3.8) is 0 Å². The van der Waals surface area contributed by atoms with Crippen molar-refractivity contribution in [3.05, 3.63) is 28.8 Å². The molecule has 4 nitrogen and oxygen atoms in total. The highest BCUT2D eigenvalue weighted by atomic mass is 35.5. The topological polar surface area (TPSA) is 49.4 Å². The van der Waals surface area contributed by atoms with E-state index in [1.54, 1.807) is 6.07 Å². The van der Waals surface area contributed by atoms with Crippen LogP contribution in [0.4, 0.5) is 8.78 Å². The van der Waals surface area contributed by atoms with Crippen LogP contribution in [-0.4, -0.2) is 38.8 Å². The van der Waals surface area contributed by atoms with E-state index >= 15 is 0 Å². The molecule has 0 bridgehead atoms. The molecule has 0 atom stereocenters. The predicted molar refractivity (Wildman–Crippen MR) is 79.2 cm³/mol. The van der Waals surface area contributed by atoms with Crippen molar-refractivity contribution >= 4 is 21.6 Å². The van der Waals surface area contributed by atoms with Crippen LogP contribution in [0.3, 0.4) is 0 Å². The van der Waals surface area contributed by atoms with Crippen molar-refractivity contribution in [1.29, 1.82) is 0 Å². The second-order valence-electron chi connectivity index (χ2n) is 4.97. The first-order valence-corrected chi connectivity index (χ1v) is 8.22. The molecule has 0 aromatic heterocycles. The van der Waals surface area contributed by atoms with Gasteiger partial charge in [0.1, 0.15) is 0 Å². The minimum atomic E-state index is -3.96. The molecule has 120 valence electrons. The number of nitrogens with one attached hydrogen (secondary N) is 1. The largest absolute Gasteiger partial charge is 0.310 e. The van der Waals surface area contributed by atoms with Gasteiger partial charge in [-0.2, -0.15) is 4.31 Å². The molecular weight excluding hydrogens is 322 g/mol. The Morgan fingerprint density at radius 2 is 1.95 bits per heavy atom. The smallest absolute Gasteiger partial charge is 0.252 e. The molecule has 0 saturated heterocycles. The molecule has 0 fully saturated rings. The van der Waals surface area contributed by atoms with Crippen LogP contribution in [0.5, 0.6) is 0 Å². The van der Waals surface area contributed by atoms with Gasteiger partial charge in [0.2, 0.25) is 10.0 Å². The fraction of sp³-hybridized carbons (Fsp3) is 0.538. The predicted octanol–water partition coefficient (Wildman–Crippen LogP) is 2.72. The summed E-state index contributed by atoms with van der Waals surface area (Å²) >= 11 is 6.06. The Hall–Kier alpha value is -0.760. The molecule has 21 heavy (non-hydrogen) atoms. The van der Waals surface area contributed by atoms with Gasteiger partial charge in [-0.25, -0.2) is 17.2 Å². The van der Waals surface area contributed by atoms with E-state index < -0.39 is 23.0 Å². The maximum Gasteiger partial charge on any atom is 0.252 e. The second kappa shape index (κ2) is 7.49. The van der Waals surface area contributed by atoms with E-state index in [1.807, 2.05) is 13.8 Å². The number of halogens is 3. The highest BCUT2D eigenvalue weighted by Gasteiger charge is 2.24. The minimum Gasteiger partial charge on any atom is -0.310 e. The zero-order chi connectivity index (χ0) is 16.2. The molecule has 0 heterocycles. The quantitative estimate of drug-likeness (QED) is 0.830. The van der Waals surface area contributed by atoms with Crippen molar-refractivity contribution in [2.24, 2.45) is 0 Å². The van der Waals surface area contributed by atoms with Crippen LogP contribution in [0.15, 0.2) is 23.1 Å². The van der Waals surface area contributed by atoms with E-state index in [1.165, 1.54) is 12.1 Å². The third kappa shape index (κ3) is 5.18. The first-order valence-electron chi connectivity index (χ1n) is 6.41. The van der Waals surface area contributed by atoms with Crippen LogP contribution in [0.25, 0.3) is 0 Å². The Labute approximate surface area is 129 Å². The molecule has 0 spiro atoms. The van der Waals surface area contributed by atoms with Crippen molar-refractivity contribution in [2.75, 3.05) is 13.6 Å². The molecule has 0 radical (unpaired) electrons. The number of nitrogens with zero attached hydrogens (tertiary/aromatic N) is 1. The second-order valence-corrected chi connectivity index (χ2v) is 7.42. The molecule has 0 aliphatic carbocycles. The van der Waals surface area contributed by atoms with E-state index in [9.17, 15) is 17.2 Å². The van der Waals surface area contributed by atoms with E-state index in [-0.39, 0.29) is 16.0 Å². The van der Waals surface area contributed by atoms with Crippen molar-refractivity contribution in [1.82, 2.24) is 9.62 Å². The van der Waals surface area contributed by atoms with E-state index in [2.05, 4.69) is 5.32 Å². The molecule has 1 N–H and O–H groups in total. The summed E-state index contributed by atoms with van der Waals surface area (Å²) < 4.78 is 49.5. The lowest BCUT2D eigenvalue weighted by Crippen LogP contribution is -2.31. The van der Waals surface area contributed by atoms with Crippen LogP contribution in [-0.2, 0) is 16.6 Å². The summed E-state index contributed by atoms with van der Waals surface area (Å²) in [5, 5.41) is 3.45. The van der Waals surface area contributed by atoms with Crippen molar-refractivity contribution in [3.8, 4) is 0 Å². The van der Waals surface area contributed by atoms with Crippen molar-refractivity contribution < 1.29 is 17.2 Å². The molecule has 8 heteroatoms. The molecular formula is C13H19ClF2N2O2S. The molecule has 0 amide bonds. The highest BCUT2D eigenvalue weighted by molar-refractivity contribution is 7.89. The number of rotatable bonds is 7. The van der Waals surface area contributed by atoms with Gasteiger partial charge in [0.05, 0.1) is 11.4 Å². The van der Waals surface area contributed by atoms with Crippen LogP contribution in [0.2, 0.25) is 5.02 Å². The Kier molecular flexibility index (Phi) is 6.52. The Morgan fingerprint density at radius 3 is 2.43 bits per heavy atom. The lowest BCUT2D eigenvalue weighted by atomic mass is 10.2. The van der Waals surface area contributed by atoms with Crippen LogP contribution < -0.4 is 5.32 Å². The third-order valence-electron chi connectivity index (χ3n) is 2.83. The summed E-state index contributed by atoms with van der Waals surface area (Å²) in [5.41, 5.74) is 0.751. The maximum absolute atomic E-state index is 12.3. The molecule has 0 unspecified atom stereocenters. The van der Waals surface area contributed by atoms with Gasteiger partial charge in [0.25, 0.3) is 6.43 Å². The third-order valence-corrected chi connectivity index (χ3v) is 5.00. The lowest BCUT2D eigenvalue weighted by Gasteiger charge is -2.17. The molecule has 0 aliphatic rings. The van der Waals surface area contributed by atoms with Crippen LogP contribution >= 0.6 is 11.6 Å². The van der Waals surface area contributed by atoms with Gasteiger partial charge in [-0.1, -0.05) is 31.5 Å². The number of hydrogen-bond acceptors (Lipinski definition) is 3. The number of sulfonamides is 1. The van der Waals surface area contributed by atoms with Gasteiger partial charge in [-0.05, 0) is 17.7 Å². The normalized spacial score (nSPS) is 12.6. The van der Waals surface area contributed by atoms with Crippen LogP contribution in [0.1, 0.15) is 19.4 Å². The van der Waals surface area contributed by atoms with Gasteiger partial charge in [-0.15, -0.1) is 0 Å².